The van der Waals surface area contributed by atoms with Crippen LogP contribution in [0, 0.1) is 17.2 Å². The van der Waals surface area contributed by atoms with Crippen molar-refractivity contribution >= 4 is 21.6 Å². The molecule has 1 fully saturated rings. The first-order valence-corrected chi connectivity index (χ1v) is 8.15. The summed E-state index contributed by atoms with van der Waals surface area (Å²) in [4.78, 5) is 13.1. The first-order chi connectivity index (χ1) is 10.5. The molecule has 0 bridgehead atoms. The summed E-state index contributed by atoms with van der Waals surface area (Å²) in [7, 11) is -3.77. The van der Waals surface area contributed by atoms with E-state index in [0.717, 1.165) is 17.0 Å². The molecule has 6 nitrogen and oxygen atoms in total. The van der Waals surface area contributed by atoms with Gasteiger partial charge in [-0.1, -0.05) is 0 Å². The van der Waals surface area contributed by atoms with Gasteiger partial charge in [-0.05, 0) is 18.2 Å². The van der Waals surface area contributed by atoms with Crippen molar-refractivity contribution in [1.29, 1.82) is 5.26 Å². The Kier molecular flexibility index (Phi) is 4.37. The van der Waals surface area contributed by atoms with Crippen LogP contribution in [0.2, 0.25) is 0 Å². The number of nitrogens with two attached hydrogens (primary N) is 1. The summed E-state index contributed by atoms with van der Waals surface area (Å²) in [6, 6.07) is 4.11. The minimum absolute atomic E-state index is 0.0185. The third-order valence-electron chi connectivity index (χ3n) is 3.41. The van der Waals surface area contributed by atoms with Gasteiger partial charge in [-0.2, -0.15) is 18.4 Å². The Morgan fingerprint density at radius 1 is 1.39 bits per heavy atom. The minimum Gasteiger partial charge on any atom is -0.311 e. The Morgan fingerprint density at radius 2 is 2.04 bits per heavy atom. The minimum atomic E-state index is -4.60. The zero-order valence-electron chi connectivity index (χ0n) is 11.7. The average Bonchev–Trinajstić information content (AvgIpc) is 2.75. The highest BCUT2D eigenvalue weighted by molar-refractivity contribution is 7.89. The standard InChI is InChI=1S/C13H12F3N3O3S/c14-13(15,16)10-1-2-11(9(4-10)5-17)19-6-8(3-12(19)20)7-23(18,21)22/h1-2,4,8H,3,6-7H2,(H2,18,21,22). The molecular formula is C13H12F3N3O3S. The van der Waals surface area contributed by atoms with E-state index in [-0.39, 0.29) is 24.2 Å². The van der Waals surface area contributed by atoms with Gasteiger partial charge in [0.25, 0.3) is 0 Å². The topological polar surface area (TPSA) is 104 Å². The molecule has 1 aromatic carbocycles. The van der Waals surface area contributed by atoms with Crippen LogP contribution in [0.15, 0.2) is 18.2 Å². The van der Waals surface area contributed by atoms with E-state index in [1.165, 1.54) is 0 Å². The maximum Gasteiger partial charge on any atom is 0.416 e. The number of anilines is 1. The molecule has 2 N–H and O–H groups in total. The normalized spacial score (nSPS) is 19.0. The molecule has 0 aromatic heterocycles. The largest absolute Gasteiger partial charge is 0.416 e. The fourth-order valence-electron chi connectivity index (χ4n) is 2.49. The Hall–Kier alpha value is -2.12. The number of rotatable bonds is 3. The number of benzene rings is 1. The van der Waals surface area contributed by atoms with E-state index in [4.69, 9.17) is 10.4 Å². The van der Waals surface area contributed by atoms with Gasteiger partial charge >= 0.3 is 6.18 Å². The molecule has 0 spiro atoms. The van der Waals surface area contributed by atoms with E-state index < -0.39 is 39.3 Å². The molecule has 1 aliphatic rings. The fraction of sp³-hybridized carbons (Fsp3) is 0.385. The smallest absolute Gasteiger partial charge is 0.311 e. The van der Waals surface area contributed by atoms with Crippen molar-refractivity contribution in [2.75, 3.05) is 17.2 Å². The van der Waals surface area contributed by atoms with Crippen LogP contribution in [-0.2, 0) is 21.0 Å². The second-order valence-corrected chi connectivity index (χ2v) is 6.90. The zero-order chi connectivity index (χ0) is 17.4. The number of carbonyl (C=O) groups excluding carboxylic acids is 1. The SMILES string of the molecule is N#Cc1cc(C(F)(F)F)ccc1N1CC(CS(N)(=O)=O)CC1=O. The Bertz CT molecular complexity index is 784. The predicted molar refractivity (Wildman–Crippen MR) is 74.6 cm³/mol. The van der Waals surface area contributed by atoms with E-state index in [1.807, 2.05) is 0 Å². The van der Waals surface area contributed by atoms with Crippen LogP contribution in [0.25, 0.3) is 0 Å². The van der Waals surface area contributed by atoms with Crippen LogP contribution in [0.4, 0.5) is 18.9 Å². The molecule has 1 aromatic rings. The average molecular weight is 347 g/mol. The highest BCUT2D eigenvalue weighted by atomic mass is 32.2. The Labute approximate surface area is 130 Å². The molecule has 124 valence electrons. The van der Waals surface area contributed by atoms with Crippen LogP contribution in [-0.4, -0.2) is 26.6 Å². The molecule has 2 rings (SSSR count). The number of nitrogens with zero attached hydrogens (tertiary/aromatic N) is 2. The van der Waals surface area contributed by atoms with Gasteiger partial charge in [0.15, 0.2) is 0 Å². The number of alkyl halides is 3. The highest BCUT2D eigenvalue weighted by Gasteiger charge is 2.36. The lowest BCUT2D eigenvalue weighted by Crippen LogP contribution is -2.28. The van der Waals surface area contributed by atoms with Crippen LogP contribution in [0.1, 0.15) is 17.5 Å². The molecule has 23 heavy (non-hydrogen) atoms. The summed E-state index contributed by atoms with van der Waals surface area (Å²) < 4.78 is 60.2. The molecule has 1 amide bonds. The molecule has 0 radical (unpaired) electrons. The van der Waals surface area contributed by atoms with E-state index in [1.54, 1.807) is 6.07 Å². The molecule has 1 saturated heterocycles. The lowest BCUT2D eigenvalue weighted by molar-refractivity contribution is -0.137. The first-order valence-electron chi connectivity index (χ1n) is 6.43. The number of sulfonamides is 1. The summed E-state index contributed by atoms with van der Waals surface area (Å²) >= 11 is 0. The third kappa shape index (κ3) is 4.00. The molecule has 1 atom stereocenters. The van der Waals surface area contributed by atoms with Crippen LogP contribution >= 0.6 is 0 Å². The molecule has 0 aliphatic carbocycles. The summed E-state index contributed by atoms with van der Waals surface area (Å²) in [5.74, 6) is -1.43. The molecule has 0 saturated carbocycles. The van der Waals surface area contributed by atoms with Crippen LogP contribution in [0.5, 0.6) is 0 Å². The van der Waals surface area contributed by atoms with Gasteiger partial charge < -0.3 is 4.90 Å². The van der Waals surface area contributed by atoms with Crippen LogP contribution < -0.4 is 10.0 Å². The molecular weight excluding hydrogens is 335 g/mol. The maximum atomic E-state index is 12.7. The zero-order valence-corrected chi connectivity index (χ0v) is 12.5. The van der Waals surface area contributed by atoms with Crippen molar-refractivity contribution in [2.45, 2.75) is 12.6 Å². The van der Waals surface area contributed by atoms with Crippen molar-refractivity contribution in [3.63, 3.8) is 0 Å². The number of hydrogen-bond donors (Lipinski definition) is 1. The van der Waals surface area contributed by atoms with Gasteiger partial charge in [0, 0.05) is 18.9 Å². The van der Waals surface area contributed by atoms with Gasteiger partial charge in [-0.15, -0.1) is 0 Å². The van der Waals surface area contributed by atoms with Gasteiger partial charge in [-0.25, -0.2) is 13.6 Å². The molecule has 1 heterocycles. The van der Waals surface area contributed by atoms with Gasteiger partial charge in [-0.3, -0.25) is 4.79 Å². The second kappa shape index (κ2) is 5.82. The number of hydrogen-bond acceptors (Lipinski definition) is 4. The van der Waals surface area contributed by atoms with E-state index >= 15 is 0 Å². The predicted octanol–water partition coefficient (Wildman–Crippen LogP) is 1.22. The number of nitriles is 1. The Morgan fingerprint density at radius 3 is 2.57 bits per heavy atom. The lowest BCUT2D eigenvalue weighted by atomic mass is 10.1. The number of amides is 1. The summed E-state index contributed by atoms with van der Waals surface area (Å²) in [6.07, 6.45) is -4.70. The maximum absolute atomic E-state index is 12.7. The lowest BCUT2D eigenvalue weighted by Gasteiger charge is -2.19. The van der Waals surface area contributed by atoms with Crippen molar-refractivity contribution in [1.82, 2.24) is 0 Å². The van der Waals surface area contributed by atoms with Gasteiger partial charge in [0.2, 0.25) is 15.9 Å². The number of primary sulfonamides is 1. The van der Waals surface area contributed by atoms with Gasteiger partial charge in [0.05, 0.1) is 22.6 Å². The number of carbonyl (C=O) groups is 1. The van der Waals surface area contributed by atoms with E-state index in [0.29, 0.717) is 6.07 Å². The van der Waals surface area contributed by atoms with Crippen molar-refractivity contribution in [2.24, 2.45) is 11.1 Å². The van der Waals surface area contributed by atoms with Crippen LogP contribution in [0.3, 0.4) is 0 Å². The third-order valence-corrected chi connectivity index (χ3v) is 4.34. The van der Waals surface area contributed by atoms with E-state index in [2.05, 4.69) is 0 Å². The highest BCUT2D eigenvalue weighted by Crippen LogP contribution is 2.34. The van der Waals surface area contributed by atoms with Crippen molar-refractivity contribution in [3.05, 3.63) is 29.3 Å². The van der Waals surface area contributed by atoms with E-state index in [9.17, 15) is 26.4 Å². The monoisotopic (exact) mass is 347 g/mol. The fourth-order valence-corrected chi connectivity index (χ4v) is 3.37. The summed E-state index contributed by atoms with van der Waals surface area (Å²) in [6.45, 7) is -0.0185. The Balaban J connectivity index is 2.32. The second-order valence-electron chi connectivity index (χ2n) is 5.25. The first kappa shape index (κ1) is 17.2. The van der Waals surface area contributed by atoms with Gasteiger partial charge in [0.1, 0.15) is 6.07 Å². The molecule has 10 heteroatoms. The number of halogens is 3. The van der Waals surface area contributed by atoms with Crippen molar-refractivity contribution in [3.8, 4) is 6.07 Å². The molecule has 1 unspecified atom stereocenters. The molecule has 1 aliphatic heterocycles. The quantitative estimate of drug-likeness (QED) is 0.887. The summed E-state index contributed by atoms with van der Waals surface area (Å²) in [5, 5.41) is 14.0. The summed E-state index contributed by atoms with van der Waals surface area (Å²) in [5.41, 5.74) is -1.27. The van der Waals surface area contributed by atoms with Crippen molar-refractivity contribution < 1.29 is 26.4 Å².